The van der Waals surface area contributed by atoms with Crippen LogP contribution in [0.3, 0.4) is 0 Å². The van der Waals surface area contributed by atoms with Crippen LogP contribution in [0.15, 0.2) is 30.5 Å². The fraction of sp³-hybridized carbons (Fsp3) is 0.278. The van der Waals surface area contributed by atoms with Gasteiger partial charge in [-0.1, -0.05) is 6.07 Å². The maximum atomic E-state index is 13.0. The first kappa shape index (κ1) is 16.2. The van der Waals surface area contributed by atoms with Gasteiger partial charge in [0.15, 0.2) is 17.1 Å². The van der Waals surface area contributed by atoms with Crippen molar-refractivity contribution in [2.75, 3.05) is 0 Å². The highest BCUT2D eigenvalue weighted by molar-refractivity contribution is 6.06. The minimum atomic E-state index is -0.305. The second-order valence-electron chi connectivity index (χ2n) is 6.40. The van der Waals surface area contributed by atoms with E-state index < -0.39 is 0 Å². The Morgan fingerprint density at radius 3 is 2.85 bits per heavy atom. The second kappa shape index (κ2) is 5.91. The van der Waals surface area contributed by atoms with Gasteiger partial charge in [0, 0.05) is 18.9 Å². The summed E-state index contributed by atoms with van der Waals surface area (Å²) in [4.78, 5) is 17.5. The lowest BCUT2D eigenvalue weighted by molar-refractivity contribution is 0.0939. The summed E-state index contributed by atoms with van der Waals surface area (Å²) in [5.41, 5.74) is 3.56. The molecule has 0 radical (unpaired) electrons. The zero-order chi connectivity index (χ0) is 18.4. The number of nitrogens with one attached hydrogen (secondary N) is 1. The molecular formula is C18H19N7O. The van der Waals surface area contributed by atoms with Gasteiger partial charge in [0.2, 0.25) is 0 Å². The van der Waals surface area contributed by atoms with Gasteiger partial charge in [0.1, 0.15) is 0 Å². The average Bonchev–Trinajstić information content (AvgIpc) is 3.15. The summed E-state index contributed by atoms with van der Waals surface area (Å²) in [7, 11) is 1.83. The number of aromatic nitrogens is 6. The molecule has 0 aromatic carbocycles. The van der Waals surface area contributed by atoms with Crippen molar-refractivity contribution in [3.05, 3.63) is 53.2 Å². The van der Waals surface area contributed by atoms with Crippen LogP contribution in [-0.4, -0.2) is 35.3 Å². The number of hydrogen-bond donors (Lipinski definition) is 1. The minimum absolute atomic E-state index is 0.184. The van der Waals surface area contributed by atoms with Gasteiger partial charge in [0.25, 0.3) is 5.91 Å². The number of carbonyl (C=O) groups is 1. The molecule has 0 saturated carbocycles. The summed E-state index contributed by atoms with van der Waals surface area (Å²) in [6, 6.07) is 7.17. The summed E-state index contributed by atoms with van der Waals surface area (Å²) in [6.45, 7) is 5.64. The fourth-order valence-electron chi connectivity index (χ4n) is 3.24. The van der Waals surface area contributed by atoms with Crippen LogP contribution in [0, 0.1) is 13.8 Å². The third-order valence-corrected chi connectivity index (χ3v) is 4.42. The van der Waals surface area contributed by atoms with E-state index in [1.807, 2.05) is 56.6 Å². The van der Waals surface area contributed by atoms with Crippen LogP contribution in [-0.2, 0) is 7.05 Å². The number of nitrogens with zero attached hydrogens (tertiary/aromatic N) is 6. The van der Waals surface area contributed by atoms with Crippen LogP contribution in [0.2, 0.25) is 0 Å². The largest absolute Gasteiger partial charge is 0.342 e. The zero-order valence-corrected chi connectivity index (χ0v) is 15.1. The van der Waals surface area contributed by atoms with Crippen LogP contribution < -0.4 is 5.32 Å². The lowest BCUT2D eigenvalue weighted by Gasteiger charge is -2.13. The molecule has 0 fully saturated rings. The molecule has 132 valence electrons. The molecule has 4 heterocycles. The summed E-state index contributed by atoms with van der Waals surface area (Å²) >= 11 is 0. The van der Waals surface area contributed by atoms with E-state index >= 15 is 0 Å². The van der Waals surface area contributed by atoms with Crippen molar-refractivity contribution in [1.82, 2.24) is 34.7 Å². The molecule has 1 atom stereocenters. The molecular weight excluding hydrogens is 330 g/mol. The highest BCUT2D eigenvalue weighted by Gasteiger charge is 2.21. The molecule has 0 bridgehead atoms. The van der Waals surface area contributed by atoms with Gasteiger partial charge >= 0.3 is 0 Å². The molecule has 0 aliphatic rings. The summed E-state index contributed by atoms with van der Waals surface area (Å²) in [6.07, 6.45) is 1.88. The van der Waals surface area contributed by atoms with E-state index in [0.717, 1.165) is 22.4 Å². The molecule has 4 aromatic rings. The van der Waals surface area contributed by atoms with E-state index in [-0.39, 0.29) is 11.9 Å². The molecule has 4 aromatic heterocycles. The molecule has 8 heteroatoms. The molecule has 1 amide bonds. The molecule has 26 heavy (non-hydrogen) atoms. The van der Waals surface area contributed by atoms with Crippen molar-refractivity contribution in [3.63, 3.8) is 0 Å². The monoisotopic (exact) mass is 349 g/mol. The van der Waals surface area contributed by atoms with Crippen molar-refractivity contribution in [2.45, 2.75) is 26.8 Å². The lowest BCUT2D eigenvalue weighted by atomic mass is 10.1. The Kier molecular flexibility index (Phi) is 3.68. The van der Waals surface area contributed by atoms with Crippen molar-refractivity contribution in [2.24, 2.45) is 7.05 Å². The van der Waals surface area contributed by atoms with E-state index in [4.69, 9.17) is 0 Å². The fourth-order valence-corrected chi connectivity index (χ4v) is 3.24. The zero-order valence-electron chi connectivity index (χ0n) is 15.1. The van der Waals surface area contributed by atoms with Crippen molar-refractivity contribution >= 4 is 22.6 Å². The Morgan fingerprint density at radius 1 is 1.23 bits per heavy atom. The Morgan fingerprint density at radius 2 is 2.04 bits per heavy atom. The molecule has 0 saturated heterocycles. The number of carbonyl (C=O) groups excluding carboxylic acids is 1. The molecule has 0 aliphatic heterocycles. The van der Waals surface area contributed by atoms with Crippen LogP contribution in [0.5, 0.6) is 0 Å². The predicted octanol–water partition coefficient (Wildman–Crippen LogP) is 2.12. The number of hydrogen-bond acceptors (Lipinski definition) is 5. The third kappa shape index (κ3) is 2.50. The average molecular weight is 349 g/mol. The Hall–Kier alpha value is -3.29. The molecule has 4 rings (SSSR count). The maximum absolute atomic E-state index is 13.0. The predicted molar refractivity (Wildman–Crippen MR) is 96.9 cm³/mol. The number of fused-ring (bicyclic) bond motifs is 2. The van der Waals surface area contributed by atoms with Gasteiger partial charge in [-0.25, -0.2) is 4.98 Å². The summed E-state index contributed by atoms with van der Waals surface area (Å²) in [5.74, 6) is 0.496. The number of amides is 1. The van der Waals surface area contributed by atoms with Crippen LogP contribution in [0.25, 0.3) is 16.7 Å². The summed E-state index contributed by atoms with van der Waals surface area (Å²) in [5, 5.41) is 16.5. The number of rotatable bonds is 3. The van der Waals surface area contributed by atoms with Crippen LogP contribution in [0.1, 0.15) is 40.5 Å². The highest BCUT2D eigenvalue weighted by atomic mass is 16.1. The minimum Gasteiger partial charge on any atom is -0.342 e. The van der Waals surface area contributed by atoms with Crippen LogP contribution >= 0.6 is 0 Å². The summed E-state index contributed by atoms with van der Waals surface area (Å²) < 4.78 is 3.57. The molecule has 0 spiro atoms. The Labute approximate surface area is 149 Å². The molecule has 8 nitrogen and oxygen atoms in total. The van der Waals surface area contributed by atoms with E-state index in [1.165, 1.54) is 0 Å². The van der Waals surface area contributed by atoms with Crippen molar-refractivity contribution < 1.29 is 4.79 Å². The lowest BCUT2D eigenvalue weighted by Crippen LogP contribution is -2.28. The van der Waals surface area contributed by atoms with Crippen molar-refractivity contribution in [1.29, 1.82) is 0 Å². The van der Waals surface area contributed by atoms with E-state index in [9.17, 15) is 4.79 Å². The van der Waals surface area contributed by atoms with Gasteiger partial charge < -0.3 is 5.32 Å². The number of pyridine rings is 2. The number of aryl methyl sites for hydroxylation is 3. The first-order chi connectivity index (χ1) is 12.5. The van der Waals surface area contributed by atoms with E-state index in [1.54, 1.807) is 10.7 Å². The normalized spacial score (nSPS) is 12.6. The van der Waals surface area contributed by atoms with Gasteiger partial charge in [-0.15, -0.1) is 10.2 Å². The van der Waals surface area contributed by atoms with Gasteiger partial charge in [0.05, 0.1) is 22.7 Å². The van der Waals surface area contributed by atoms with Crippen LogP contribution in [0.4, 0.5) is 0 Å². The molecule has 1 N–H and O–H groups in total. The SMILES string of the molecule is Cc1cc(C(=O)N[C@H](C)c2nnc3ccccn23)c2c(C)nn(C)c2n1. The third-order valence-electron chi connectivity index (χ3n) is 4.42. The van der Waals surface area contributed by atoms with E-state index in [0.29, 0.717) is 17.0 Å². The molecule has 0 aliphatic carbocycles. The first-order valence-corrected chi connectivity index (χ1v) is 8.37. The van der Waals surface area contributed by atoms with Gasteiger partial charge in [-0.05, 0) is 39.0 Å². The van der Waals surface area contributed by atoms with Gasteiger partial charge in [-0.3, -0.25) is 13.9 Å². The van der Waals surface area contributed by atoms with E-state index in [2.05, 4.69) is 25.6 Å². The standard InChI is InChI=1S/C18H19N7O/c1-10-9-13(15-11(2)23-24(4)17(15)19-10)18(26)20-12(3)16-22-21-14-7-5-6-8-25(14)16/h5-9,12H,1-4H3,(H,20,26)/t12-/m1/s1. The first-order valence-electron chi connectivity index (χ1n) is 8.37. The topological polar surface area (TPSA) is 90.0 Å². The highest BCUT2D eigenvalue weighted by Crippen LogP contribution is 2.22. The van der Waals surface area contributed by atoms with Crippen molar-refractivity contribution in [3.8, 4) is 0 Å². The quantitative estimate of drug-likeness (QED) is 0.612. The maximum Gasteiger partial charge on any atom is 0.252 e. The molecule has 0 unspecified atom stereocenters. The smallest absolute Gasteiger partial charge is 0.252 e. The van der Waals surface area contributed by atoms with Gasteiger partial charge in [-0.2, -0.15) is 5.10 Å². The Bertz CT molecular complexity index is 1140. The Balaban J connectivity index is 1.71. The second-order valence-corrected chi connectivity index (χ2v) is 6.40.